The van der Waals surface area contributed by atoms with Crippen molar-refractivity contribution < 1.29 is 14.3 Å². The van der Waals surface area contributed by atoms with Gasteiger partial charge in [-0.25, -0.2) is 0 Å². The molecule has 0 aromatic rings. The molecule has 1 aliphatic rings. The number of amides is 1. The largest absolute Gasteiger partial charge is 0.469 e. The van der Waals surface area contributed by atoms with Gasteiger partial charge in [-0.05, 0) is 12.8 Å². The molecular formula is C10H17NO3. The number of ether oxygens (including phenoxy) is 1. The van der Waals surface area contributed by atoms with E-state index in [1.807, 2.05) is 6.92 Å². The maximum absolute atomic E-state index is 11.7. The number of carbonyl (C=O) groups excluding carboxylic acids is 2. The lowest BCUT2D eigenvalue weighted by atomic mass is 9.83. The second kappa shape index (κ2) is 4.44. The maximum atomic E-state index is 11.7. The summed E-state index contributed by atoms with van der Waals surface area (Å²) >= 11 is 0. The molecule has 1 fully saturated rings. The first-order chi connectivity index (χ1) is 6.61. The van der Waals surface area contributed by atoms with E-state index >= 15 is 0 Å². The quantitative estimate of drug-likeness (QED) is 0.614. The van der Waals surface area contributed by atoms with Gasteiger partial charge in [0.05, 0.1) is 18.9 Å². The van der Waals surface area contributed by atoms with Crippen LogP contribution in [-0.4, -0.2) is 37.5 Å². The van der Waals surface area contributed by atoms with Gasteiger partial charge in [-0.3, -0.25) is 9.59 Å². The van der Waals surface area contributed by atoms with Crippen molar-refractivity contribution in [2.24, 2.45) is 11.8 Å². The summed E-state index contributed by atoms with van der Waals surface area (Å²) < 4.78 is 4.70. The first-order valence-corrected chi connectivity index (χ1v) is 4.94. The van der Waals surface area contributed by atoms with Crippen LogP contribution >= 0.6 is 0 Å². The number of likely N-dealkylation sites (tertiary alicyclic amines) is 1. The molecule has 4 nitrogen and oxygen atoms in total. The van der Waals surface area contributed by atoms with E-state index in [2.05, 4.69) is 0 Å². The zero-order chi connectivity index (χ0) is 10.7. The molecule has 0 radical (unpaired) electrons. The maximum Gasteiger partial charge on any atom is 0.309 e. The number of hydrogen-bond acceptors (Lipinski definition) is 3. The van der Waals surface area contributed by atoms with Crippen LogP contribution in [0.25, 0.3) is 0 Å². The molecule has 0 spiro atoms. The van der Waals surface area contributed by atoms with Gasteiger partial charge in [0.15, 0.2) is 0 Å². The van der Waals surface area contributed by atoms with Crippen molar-refractivity contribution in [1.29, 1.82) is 0 Å². The van der Waals surface area contributed by atoms with E-state index in [1.54, 1.807) is 11.9 Å². The summed E-state index contributed by atoms with van der Waals surface area (Å²) in [6, 6.07) is 0. The normalized spacial score (nSPS) is 27.6. The highest BCUT2D eigenvalue weighted by atomic mass is 16.5. The van der Waals surface area contributed by atoms with Gasteiger partial charge in [-0.2, -0.15) is 0 Å². The monoisotopic (exact) mass is 199 g/mol. The second-order valence-electron chi connectivity index (χ2n) is 3.69. The zero-order valence-corrected chi connectivity index (χ0v) is 8.95. The van der Waals surface area contributed by atoms with Crippen LogP contribution in [0.1, 0.15) is 19.8 Å². The Hall–Kier alpha value is -1.06. The molecule has 0 saturated carbocycles. The van der Waals surface area contributed by atoms with Crippen LogP contribution in [0, 0.1) is 11.8 Å². The third-order valence-corrected chi connectivity index (χ3v) is 2.90. The van der Waals surface area contributed by atoms with Crippen LogP contribution in [-0.2, 0) is 14.3 Å². The summed E-state index contributed by atoms with van der Waals surface area (Å²) in [5.74, 6) is -0.623. The average molecular weight is 199 g/mol. The number of esters is 1. The lowest BCUT2D eigenvalue weighted by Gasteiger charge is -2.33. The number of hydrogen-bond donors (Lipinski definition) is 0. The minimum atomic E-state index is -0.252. The number of carbonyl (C=O) groups is 2. The van der Waals surface area contributed by atoms with Crippen molar-refractivity contribution in [2.45, 2.75) is 19.8 Å². The number of rotatable bonds is 2. The van der Waals surface area contributed by atoms with Crippen LogP contribution in [0.5, 0.6) is 0 Å². The van der Waals surface area contributed by atoms with Crippen LogP contribution < -0.4 is 0 Å². The Labute approximate surface area is 84.2 Å². The highest BCUT2D eigenvalue weighted by Gasteiger charge is 2.38. The molecule has 1 rings (SSSR count). The van der Waals surface area contributed by atoms with Crippen molar-refractivity contribution in [1.82, 2.24) is 4.90 Å². The van der Waals surface area contributed by atoms with E-state index in [0.29, 0.717) is 19.4 Å². The molecule has 0 N–H and O–H groups in total. The van der Waals surface area contributed by atoms with Crippen LogP contribution in [0.15, 0.2) is 0 Å². The van der Waals surface area contributed by atoms with Gasteiger partial charge in [0.1, 0.15) is 0 Å². The second-order valence-corrected chi connectivity index (χ2v) is 3.69. The molecule has 1 amide bonds. The van der Waals surface area contributed by atoms with Gasteiger partial charge in [-0.15, -0.1) is 0 Å². The molecule has 1 aliphatic heterocycles. The summed E-state index contributed by atoms with van der Waals surface area (Å²) in [6.45, 7) is 2.58. The van der Waals surface area contributed by atoms with Gasteiger partial charge < -0.3 is 9.64 Å². The van der Waals surface area contributed by atoms with Crippen molar-refractivity contribution in [2.75, 3.05) is 20.7 Å². The average Bonchev–Trinajstić information content (AvgIpc) is 2.20. The molecular weight excluding hydrogens is 182 g/mol. The molecule has 0 bridgehead atoms. The van der Waals surface area contributed by atoms with E-state index < -0.39 is 0 Å². The van der Waals surface area contributed by atoms with Gasteiger partial charge in [0.25, 0.3) is 0 Å². The predicted molar refractivity (Wildman–Crippen MR) is 51.5 cm³/mol. The van der Waals surface area contributed by atoms with E-state index in [9.17, 15) is 9.59 Å². The Morgan fingerprint density at radius 3 is 2.79 bits per heavy atom. The van der Waals surface area contributed by atoms with Gasteiger partial charge in [0, 0.05) is 13.6 Å². The molecule has 0 aliphatic carbocycles. The highest BCUT2D eigenvalue weighted by molar-refractivity contribution is 5.86. The van der Waals surface area contributed by atoms with Crippen molar-refractivity contribution in [3.05, 3.63) is 0 Å². The van der Waals surface area contributed by atoms with E-state index in [1.165, 1.54) is 7.11 Å². The zero-order valence-electron chi connectivity index (χ0n) is 8.95. The van der Waals surface area contributed by atoms with E-state index in [0.717, 1.165) is 0 Å². The predicted octanol–water partition coefficient (Wildman–Crippen LogP) is 0.664. The summed E-state index contributed by atoms with van der Waals surface area (Å²) in [7, 11) is 3.15. The van der Waals surface area contributed by atoms with E-state index in [4.69, 9.17) is 4.74 Å². The standard InChI is InChI=1S/C10H17NO3/c1-4-7-8(10(13)14-3)5-6-11(2)9(7)12/h7-8H,4-6H2,1-3H3. The third kappa shape index (κ3) is 1.89. The minimum Gasteiger partial charge on any atom is -0.469 e. The van der Waals surface area contributed by atoms with Crippen LogP contribution in [0.4, 0.5) is 0 Å². The smallest absolute Gasteiger partial charge is 0.309 e. The molecule has 0 aromatic heterocycles. The minimum absolute atomic E-state index is 0.0640. The van der Waals surface area contributed by atoms with Crippen molar-refractivity contribution in [3.63, 3.8) is 0 Å². The van der Waals surface area contributed by atoms with Crippen LogP contribution in [0.2, 0.25) is 0 Å². The highest BCUT2D eigenvalue weighted by Crippen LogP contribution is 2.27. The fourth-order valence-corrected chi connectivity index (χ4v) is 1.99. The number of methoxy groups -OCH3 is 1. The first kappa shape index (κ1) is 11.0. The number of piperidine rings is 1. The topological polar surface area (TPSA) is 46.6 Å². The van der Waals surface area contributed by atoms with Crippen molar-refractivity contribution in [3.8, 4) is 0 Å². The molecule has 80 valence electrons. The van der Waals surface area contributed by atoms with Gasteiger partial charge in [-0.1, -0.05) is 6.92 Å². The molecule has 2 atom stereocenters. The van der Waals surface area contributed by atoms with Gasteiger partial charge >= 0.3 is 5.97 Å². The Morgan fingerprint density at radius 2 is 2.29 bits per heavy atom. The lowest BCUT2D eigenvalue weighted by molar-refractivity contribution is -0.156. The van der Waals surface area contributed by atoms with E-state index in [-0.39, 0.29) is 23.7 Å². The summed E-state index contributed by atoms with van der Waals surface area (Å²) in [5.41, 5.74) is 0. The van der Waals surface area contributed by atoms with Gasteiger partial charge in [0.2, 0.25) is 5.91 Å². The Kier molecular flexibility index (Phi) is 3.49. The lowest BCUT2D eigenvalue weighted by Crippen LogP contribution is -2.45. The SMILES string of the molecule is CCC1C(=O)N(C)CCC1C(=O)OC. The van der Waals surface area contributed by atoms with Crippen LogP contribution in [0.3, 0.4) is 0 Å². The molecule has 1 saturated heterocycles. The van der Waals surface area contributed by atoms with Crippen molar-refractivity contribution >= 4 is 11.9 Å². The molecule has 2 unspecified atom stereocenters. The first-order valence-electron chi connectivity index (χ1n) is 4.94. The Bertz CT molecular complexity index is 240. The Balaban J connectivity index is 2.77. The number of nitrogens with zero attached hydrogens (tertiary/aromatic N) is 1. The third-order valence-electron chi connectivity index (χ3n) is 2.90. The molecule has 4 heteroatoms. The summed E-state index contributed by atoms with van der Waals surface area (Å²) in [4.78, 5) is 24.8. The fraction of sp³-hybridized carbons (Fsp3) is 0.800. The Morgan fingerprint density at radius 1 is 1.64 bits per heavy atom. The molecule has 1 heterocycles. The summed E-state index contributed by atoms with van der Waals surface area (Å²) in [5, 5.41) is 0. The molecule has 0 aromatic carbocycles. The summed E-state index contributed by atoms with van der Waals surface area (Å²) in [6.07, 6.45) is 1.41. The fourth-order valence-electron chi connectivity index (χ4n) is 1.99. The molecule has 14 heavy (non-hydrogen) atoms.